The van der Waals surface area contributed by atoms with E-state index in [0.717, 1.165) is 30.4 Å². The Kier molecular flexibility index (Phi) is 5.05. The molecule has 4 rings (SSSR count). The molecule has 2 atom stereocenters. The van der Waals surface area contributed by atoms with Gasteiger partial charge in [0.1, 0.15) is 0 Å². The van der Waals surface area contributed by atoms with E-state index in [-0.39, 0.29) is 17.4 Å². The molecule has 1 saturated heterocycles. The van der Waals surface area contributed by atoms with Crippen LogP contribution in [0.1, 0.15) is 47.5 Å². The fourth-order valence-electron chi connectivity index (χ4n) is 3.90. The average molecular weight is 381 g/mol. The van der Waals surface area contributed by atoms with Gasteiger partial charge in [0.25, 0.3) is 5.91 Å². The van der Waals surface area contributed by atoms with Gasteiger partial charge in [-0.25, -0.2) is 0 Å². The lowest BCUT2D eigenvalue weighted by Crippen LogP contribution is -2.37. The summed E-state index contributed by atoms with van der Waals surface area (Å²) >= 11 is 0. The average Bonchev–Trinajstić information content (AvgIpc) is 3.46. The lowest BCUT2D eigenvalue weighted by Gasteiger charge is -2.28. The van der Waals surface area contributed by atoms with Crippen molar-refractivity contribution in [3.63, 3.8) is 0 Å². The first-order chi connectivity index (χ1) is 13.6. The topological polar surface area (TPSA) is 80.0 Å². The van der Waals surface area contributed by atoms with Crippen LogP contribution in [-0.4, -0.2) is 41.0 Å². The Hall–Kier alpha value is -2.86. The largest absolute Gasteiger partial charge is 0.503 e. The number of aliphatic hydroxyl groups excluding tert-OH is 1. The summed E-state index contributed by atoms with van der Waals surface area (Å²) in [6, 6.07) is 10.3. The molecule has 0 aliphatic carbocycles. The second kappa shape index (κ2) is 7.64. The molecule has 2 aliphatic rings. The van der Waals surface area contributed by atoms with E-state index >= 15 is 0 Å². The summed E-state index contributed by atoms with van der Waals surface area (Å²) in [5.41, 5.74) is 2.00. The zero-order valence-electron chi connectivity index (χ0n) is 15.8. The molecular formula is C22H23NO5. The maximum absolute atomic E-state index is 13.0. The fourth-order valence-corrected chi connectivity index (χ4v) is 3.90. The maximum atomic E-state index is 13.0. The molecule has 1 fully saturated rings. The van der Waals surface area contributed by atoms with Gasteiger partial charge < -0.3 is 19.2 Å². The van der Waals surface area contributed by atoms with E-state index in [9.17, 15) is 14.7 Å². The number of ketones is 1. The molecule has 0 radical (unpaired) electrons. The van der Waals surface area contributed by atoms with Gasteiger partial charge >= 0.3 is 0 Å². The summed E-state index contributed by atoms with van der Waals surface area (Å²) in [6.07, 6.45) is 4.00. The minimum Gasteiger partial charge on any atom is -0.503 e. The number of benzene rings is 1. The highest BCUT2D eigenvalue weighted by Gasteiger charge is 2.45. The van der Waals surface area contributed by atoms with E-state index in [1.165, 1.54) is 12.3 Å². The van der Waals surface area contributed by atoms with E-state index in [1.807, 2.05) is 24.3 Å². The Bertz CT molecular complexity index is 892. The first kappa shape index (κ1) is 18.5. The van der Waals surface area contributed by atoms with Crippen molar-refractivity contribution in [1.29, 1.82) is 0 Å². The third-order valence-corrected chi connectivity index (χ3v) is 5.42. The molecule has 2 aliphatic heterocycles. The number of Topliss-reactive ketones (excluding diaryl/α,β-unsaturated/α-hetero) is 1. The summed E-state index contributed by atoms with van der Waals surface area (Å²) in [5, 5.41) is 10.6. The first-order valence-corrected chi connectivity index (χ1v) is 9.63. The predicted octanol–water partition coefficient (Wildman–Crippen LogP) is 3.60. The molecule has 1 amide bonds. The van der Waals surface area contributed by atoms with Crippen molar-refractivity contribution in [2.45, 2.75) is 38.3 Å². The quantitative estimate of drug-likeness (QED) is 0.774. The van der Waals surface area contributed by atoms with Gasteiger partial charge in [-0.05, 0) is 42.5 Å². The number of rotatable bonds is 6. The lowest BCUT2D eigenvalue weighted by molar-refractivity contribution is -0.131. The Labute approximate surface area is 163 Å². The van der Waals surface area contributed by atoms with Crippen LogP contribution >= 0.6 is 0 Å². The molecule has 0 spiro atoms. The number of amides is 1. The fraction of sp³-hybridized carbons (Fsp3) is 0.364. The van der Waals surface area contributed by atoms with Crippen LogP contribution in [0.3, 0.4) is 0 Å². The van der Waals surface area contributed by atoms with E-state index in [2.05, 4.69) is 6.92 Å². The molecule has 1 N–H and O–H groups in total. The number of aryl methyl sites for hydroxylation is 1. The van der Waals surface area contributed by atoms with E-state index in [4.69, 9.17) is 9.15 Å². The normalized spacial score (nSPS) is 22.3. The van der Waals surface area contributed by atoms with Gasteiger partial charge in [-0.2, -0.15) is 0 Å². The zero-order chi connectivity index (χ0) is 19.7. The predicted molar refractivity (Wildman–Crippen MR) is 102 cm³/mol. The number of hydrogen-bond donors (Lipinski definition) is 1. The third-order valence-electron chi connectivity index (χ3n) is 5.42. The molecule has 2 aromatic rings. The van der Waals surface area contributed by atoms with E-state index in [0.29, 0.717) is 13.2 Å². The first-order valence-electron chi connectivity index (χ1n) is 9.63. The van der Waals surface area contributed by atoms with Crippen LogP contribution in [0.2, 0.25) is 0 Å². The Morgan fingerprint density at radius 3 is 2.64 bits per heavy atom. The van der Waals surface area contributed by atoms with E-state index < -0.39 is 23.5 Å². The summed E-state index contributed by atoms with van der Waals surface area (Å²) in [7, 11) is 0. The van der Waals surface area contributed by atoms with Crippen molar-refractivity contribution in [2.75, 3.05) is 13.2 Å². The van der Waals surface area contributed by atoms with Gasteiger partial charge in [0, 0.05) is 13.2 Å². The lowest BCUT2D eigenvalue weighted by atomic mass is 9.94. The molecule has 6 nitrogen and oxygen atoms in total. The molecule has 28 heavy (non-hydrogen) atoms. The highest BCUT2D eigenvalue weighted by molar-refractivity contribution is 6.15. The second-order valence-corrected chi connectivity index (χ2v) is 7.16. The minimum absolute atomic E-state index is 0.0576. The third kappa shape index (κ3) is 3.24. The summed E-state index contributed by atoms with van der Waals surface area (Å²) < 4.78 is 10.9. The molecule has 2 unspecified atom stereocenters. The molecule has 0 saturated carbocycles. The van der Waals surface area contributed by atoms with Gasteiger partial charge in [-0.3, -0.25) is 9.59 Å². The van der Waals surface area contributed by atoms with Gasteiger partial charge in [0.15, 0.2) is 11.5 Å². The Morgan fingerprint density at radius 2 is 2.04 bits per heavy atom. The molecule has 0 bridgehead atoms. The highest BCUT2D eigenvalue weighted by Crippen LogP contribution is 2.39. The van der Waals surface area contributed by atoms with Crippen LogP contribution in [-0.2, 0) is 16.0 Å². The summed E-state index contributed by atoms with van der Waals surface area (Å²) in [4.78, 5) is 27.4. The Morgan fingerprint density at radius 1 is 1.25 bits per heavy atom. The molecule has 3 heterocycles. The van der Waals surface area contributed by atoms with Gasteiger partial charge in [-0.15, -0.1) is 0 Å². The van der Waals surface area contributed by atoms with Gasteiger partial charge in [0.2, 0.25) is 5.78 Å². The van der Waals surface area contributed by atoms with Crippen LogP contribution in [0.25, 0.3) is 0 Å². The number of carbonyl (C=O) groups excluding carboxylic acids is 2. The van der Waals surface area contributed by atoms with Crippen LogP contribution in [0.4, 0.5) is 0 Å². The van der Waals surface area contributed by atoms with Crippen molar-refractivity contribution in [2.24, 2.45) is 0 Å². The van der Waals surface area contributed by atoms with Crippen molar-refractivity contribution in [3.05, 3.63) is 70.9 Å². The summed E-state index contributed by atoms with van der Waals surface area (Å²) in [5.74, 6) is -1.43. The standard InChI is InChI=1S/C22H23NO5/c1-2-14-7-9-15(10-8-14)19-18(20(24)17-6-4-12-28-17)21(25)22(26)23(19)13-16-5-3-11-27-16/h4,6-10,12,16,19,25H,2-3,5,11,13H2,1H3. The maximum Gasteiger partial charge on any atom is 0.290 e. The van der Waals surface area contributed by atoms with Gasteiger partial charge in [-0.1, -0.05) is 31.2 Å². The van der Waals surface area contributed by atoms with Crippen molar-refractivity contribution >= 4 is 11.7 Å². The smallest absolute Gasteiger partial charge is 0.290 e. The van der Waals surface area contributed by atoms with Gasteiger partial charge in [0.05, 0.1) is 24.0 Å². The van der Waals surface area contributed by atoms with Crippen LogP contribution in [0, 0.1) is 0 Å². The number of hydrogen-bond acceptors (Lipinski definition) is 5. The van der Waals surface area contributed by atoms with Crippen molar-refractivity contribution in [1.82, 2.24) is 4.90 Å². The number of carbonyl (C=O) groups is 2. The molecule has 1 aromatic heterocycles. The van der Waals surface area contributed by atoms with Crippen molar-refractivity contribution in [3.8, 4) is 0 Å². The number of ether oxygens (including phenoxy) is 1. The van der Waals surface area contributed by atoms with Crippen molar-refractivity contribution < 1.29 is 23.8 Å². The number of nitrogens with zero attached hydrogens (tertiary/aromatic N) is 1. The van der Waals surface area contributed by atoms with Crippen LogP contribution in [0.5, 0.6) is 0 Å². The SMILES string of the molecule is CCc1ccc(C2C(C(=O)c3ccco3)=C(O)C(=O)N2CC2CCCO2)cc1. The van der Waals surface area contributed by atoms with Crippen LogP contribution < -0.4 is 0 Å². The Balaban J connectivity index is 1.74. The molecule has 146 valence electrons. The molecule has 6 heteroatoms. The van der Waals surface area contributed by atoms with E-state index in [1.54, 1.807) is 11.0 Å². The number of aliphatic hydroxyl groups is 1. The van der Waals surface area contributed by atoms with Crippen LogP contribution in [0.15, 0.2) is 58.4 Å². The summed E-state index contributed by atoms with van der Waals surface area (Å²) in [6.45, 7) is 3.06. The monoisotopic (exact) mass is 381 g/mol. The minimum atomic E-state index is -0.666. The molecular weight excluding hydrogens is 358 g/mol. The number of furan rings is 1. The molecule has 1 aromatic carbocycles. The second-order valence-electron chi connectivity index (χ2n) is 7.16. The highest BCUT2D eigenvalue weighted by atomic mass is 16.5. The zero-order valence-corrected chi connectivity index (χ0v) is 15.8.